The number of alkyl halides is 5. The van der Waals surface area contributed by atoms with Gasteiger partial charge in [-0.15, -0.1) is 0 Å². The molecule has 0 atom stereocenters. The van der Waals surface area contributed by atoms with E-state index in [2.05, 4.69) is 4.74 Å². The molecule has 1 aromatic rings. The molecule has 8 heteroatoms. The summed E-state index contributed by atoms with van der Waals surface area (Å²) in [7, 11) is 0.890. The molecule has 0 radical (unpaired) electrons. The van der Waals surface area contributed by atoms with Gasteiger partial charge in [0, 0.05) is 0 Å². The number of esters is 1. The highest BCUT2D eigenvalue weighted by atomic mass is 19.4. The predicted octanol–water partition coefficient (Wildman–Crippen LogP) is 3.30. The number of rotatable bonds is 2. The van der Waals surface area contributed by atoms with Crippen LogP contribution in [0.25, 0.3) is 0 Å². The van der Waals surface area contributed by atoms with Gasteiger partial charge in [0.05, 0.1) is 29.4 Å². The van der Waals surface area contributed by atoms with Crippen LogP contribution in [0.15, 0.2) is 12.1 Å². The third-order valence-electron chi connectivity index (χ3n) is 2.29. The van der Waals surface area contributed by atoms with Crippen LogP contribution < -0.4 is 0 Å². The molecular weight excluding hydrogens is 273 g/mol. The smallest absolute Gasteiger partial charge is 0.417 e. The second-order valence-electron chi connectivity index (χ2n) is 3.35. The van der Waals surface area contributed by atoms with E-state index in [-0.39, 0.29) is 0 Å². The Morgan fingerprint density at radius 1 is 1.37 bits per heavy atom. The number of nitriles is 1. The van der Waals surface area contributed by atoms with Crippen molar-refractivity contribution in [3.63, 3.8) is 0 Å². The van der Waals surface area contributed by atoms with Crippen LogP contribution in [0.5, 0.6) is 0 Å². The summed E-state index contributed by atoms with van der Waals surface area (Å²) in [5, 5.41) is 8.65. The molecule has 0 aromatic heterocycles. The van der Waals surface area contributed by atoms with Gasteiger partial charge in [-0.25, -0.2) is 13.6 Å². The van der Waals surface area contributed by atoms with E-state index in [1.54, 1.807) is 0 Å². The molecule has 0 aliphatic rings. The topological polar surface area (TPSA) is 50.1 Å². The van der Waals surface area contributed by atoms with Gasteiger partial charge in [-0.3, -0.25) is 0 Å². The second kappa shape index (κ2) is 5.22. The van der Waals surface area contributed by atoms with Gasteiger partial charge in [-0.1, -0.05) is 0 Å². The molecule has 0 spiro atoms. The maximum absolute atomic E-state index is 12.8. The number of methoxy groups -OCH3 is 1. The molecule has 0 N–H and O–H groups in total. The third kappa shape index (κ3) is 2.81. The summed E-state index contributed by atoms with van der Waals surface area (Å²) in [6, 6.07) is 2.03. The van der Waals surface area contributed by atoms with E-state index in [4.69, 9.17) is 5.26 Å². The van der Waals surface area contributed by atoms with Gasteiger partial charge < -0.3 is 4.74 Å². The number of benzene rings is 1. The van der Waals surface area contributed by atoms with E-state index in [9.17, 15) is 26.7 Å². The molecule has 19 heavy (non-hydrogen) atoms. The Bertz CT molecular complexity index is 545. The minimum atomic E-state index is -4.97. The molecule has 1 aromatic carbocycles. The zero-order valence-corrected chi connectivity index (χ0v) is 9.39. The second-order valence-corrected chi connectivity index (χ2v) is 3.35. The van der Waals surface area contributed by atoms with Gasteiger partial charge in [0.1, 0.15) is 6.07 Å². The molecule has 0 bridgehead atoms. The first-order valence-electron chi connectivity index (χ1n) is 4.74. The molecule has 102 valence electrons. The predicted molar refractivity (Wildman–Crippen MR) is 52.5 cm³/mol. The Balaban J connectivity index is 3.68. The fourth-order valence-electron chi connectivity index (χ4n) is 1.49. The summed E-state index contributed by atoms with van der Waals surface area (Å²) in [4.78, 5) is 11.2. The van der Waals surface area contributed by atoms with Gasteiger partial charge in [-0.2, -0.15) is 18.4 Å². The third-order valence-corrected chi connectivity index (χ3v) is 2.29. The van der Waals surface area contributed by atoms with Crippen LogP contribution in [0.3, 0.4) is 0 Å². The van der Waals surface area contributed by atoms with Crippen LogP contribution in [0.1, 0.15) is 33.5 Å². The van der Waals surface area contributed by atoms with E-state index < -0.39 is 40.8 Å². The maximum Gasteiger partial charge on any atom is 0.417 e. The molecule has 0 aliphatic heterocycles. The molecule has 1 rings (SSSR count). The van der Waals surface area contributed by atoms with Crippen LogP contribution in [0.2, 0.25) is 0 Å². The molecular formula is C11H6F5NO2. The van der Waals surface area contributed by atoms with Crippen molar-refractivity contribution in [2.45, 2.75) is 12.6 Å². The average molecular weight is 279 g/mol. The molecule has 0 saturated carbocycles. The number of hydrogen-bond donors (Lipinski definition) is 0. The Labute approximate surface area is 104 Å². The zero-order valence-electron chi connectivity index (χ0n) is 9.39. The van der Waals surface area contributed by atoms with Crippen molar-refractivity contribution < 1.29 is 31.5 Å². The van der Waals surface area contributed by atoms with Crippen molar-refractivity contribution in [1.29, 1.82) is 5.26 Å². The molecule has 0 aliphatic carbocycles. The van der Waals surface area contributed by atoms with Crippen molar-refractivity contribution in [3.05, 3.63) is 34.4 Å². The van der Waals surface area contributed by atoms with Gasteiger partial charge >= 0.3 is 12.1 Å². The molecule has 0 amide bonds. The standard InChI is InChI=1S/C11H6F5NO2/c1-19-10(18)5-2-3-7(11(14,15)16)6(4-17)8(5)9(12)13/h2-3,9H,1H3. The number of halogens is 5. The number of nitrogens with zero attached hydrogens (tertiary/aromatic N) is 1. The highest BCUT2D eigenvalue weighted by molar-refractivity contribution is 5.92. The largest absolute Gasteiger partial charge is 0.465 e. The molecule has 0 unspecified atom stereocenters. The lowest BCUT2D eigenvalue weighted by Gasteiger charge is -2.14. The number of carbonyl (C=O) groups excluding carboxylic acids is 1. The molecule has 3 nitrogen and oxygen atoms in total. The minimum Gasteiger partial charge on any atom is -0.465 e. The normalized spacial score (nSPS) is 11.3. The summed E-state index contributed by atoms with van der Waals surface area (Å²) in [5.74, 6) is -1.24. The lowest BCUT2D eigenvalue weighted by Crippen LogP contribution is -2.14. The molecule has 0 saturated heterocycles. The lowest BCUT2D eigenvalue weighted by atomic mass is 9.96. The van der Waals surface area contributed by atoms with Crippen molar-refractivity contribution in [1.82, 2.24) is 0 Å². The minimum absolute atomic E-state index is 0.399. The van der Waals surface area contributed by atoms with E-state index in [0.717, 1.165) is 13.2 Å². The summed E-state index contributed by atoms with van der Waals surface area (Å²) in [6.45, 7) is 0. The van der Waals surface area contributed by atoms with E-state index in [1.165, 1.54) is 0 Å². The van der Waals surface area contributed by atoms with Crippen LogP contribution >= 0.6 is 0 Å². The maximum atomic E-state index is 12.8. The first-order valence-corrected chi connectivity index (χ1v) is 4.74. The molecule has 0 fully saturated rings. The van der Waals surface area contributed by atoms with Crippen molar-refractivity contribution >= 4 is 5.97 Å². The van der Waals surface area contributed by atoms with E-state index >= 15 is 0 Å². The van der Waals surface area contributed by atoms with E-state index in [1.807, 2.05) is 0 Å². The average Bonchev–Trinajstić information content (AvgIpc) is 2.34. The summed E-state index contributed by atoms with van der Waals surface area (Å²) < 4.78 is 67.6. The van der Waals surface area contributed by atoms with Gasteiger partial charge in [0.2, 0.25) is 0 Å². The van der Waals surface area contributed by atoms with Gasteiger partial charge in [0.25, 0.3) is 6.43 Å². The summed E-state index contributed by atoms with van der Waals surface area (Å²) in [5.41, 5.74) is -4.82. The first kappa shape index (κ1) is 14.9. The zero-order chi connectivity index (χ0) is 14.8. The Morgan fingerprint density at radius 2 is 1.95 bits per heavy atom. The van der Waals surface area contributed by atoms with Gasteiger partial charge in [-0.05, 0) is 12.1 Å². The van der Waals surface area contributed by atoms with Crippen molar-refractivity contribution in [2.75, 3.05) is 7.11 Å². The van der Waals surface area contributed by atoms with E-state index in [0.29, 0.717) is 12.1 Å². The van der Waals surface area contributed by atoms with Crippen molar-refractivity contribution in [3.8, 4) is 6.07 Å². The Hall–Kier alpha value is -2.17. The number of hydrogen-bond acceptors (Lipinski definition) is 3. The van der Waals surface area contributed by atoms with Crippen molar-refractivity contribution in [2.24, 2.45) is 0 Å². The Morgan fingerprint density at radius 3 is 2.32 bits per heavy atom. The van der Waals surface area contributed by atoms with Crippen LogP contribution in [0.4, 0.5) is 22.0 Å². The monoisotopic (exact) mass is 279 g/mol. The first-order chi connectivity index (χ1) is 8.73. The van der Waals surface area contributed by atoms with Crippen LogP contribution in [-0.4, -0.2) is 13.1 Å². The summed E-state index contributed by atoms with van der Waals surface area (Å²) >= 11 is 0. The highest BCUT2D eigenvalue weighted by Gasteiger charge is 2.37. The SMILES string of the molecule is COC(=O)c1ccc(C(F)(F)F)c(C#N)c1C(F)F. The number of carbonyl (C=O) groups is 1. The molecule has 0 heterocycles. The summed E-state index contributed by atoms with van der Waals surface area (Å²) in [6.07, 6.45) is -8.38. The highest BCUT2D eigenvalue weighted by Crippen LogP contribution is 2.37. The van der Waals surface area contributed by atoms with Gasteiger partial charge in [0.15, 0.2) is 0 Å². The quantitative estimate of drug-likeness (QED) is 0.616. The fraction of sp³-hybridized carbons (Fsp3) is 0.273. The van der Waals surface area contributed by atoms with Crippen LogP contribution in [0, 0.1) is 11.3 Å². The number of ether oxygens (including phenoxy) is 1. The fourth-order valence-corrected chi connectivity index (χ4v) is 1.49. The van der Waals surface area contributed by atoms with Crippen LogP contribution in [-0.2, 0) is 10.9 Å². The lowest BCUT2D eigenvalue weighted by molar-refractivity contribution is -0.137. The Kier molecular flexibility index (Phi) is 4.09.